The highest BCUT2D eigenvalue weighted by Crippen LogP contribution is 2.57. The second kappa shape index (κ2) is 4.07. The molecule has 21 heavy (non-hydrogen) atoms. The van der Waals surface area contributed by atoms with Gasteiger partial charge in [0.1, 0.15) is 29.1 Å². The number of methoxy groups -OCH3 is 1. The molecule has 4 rings (SSSR count). The van der Waals surface area contributed by atoms with E-state index >= 15 is 0 Å². The molecule has 0 bridgehead atoms. The minimum absolute atomic E-state index is 0.280. The Bertz CT molecular complexity index is 781. The van der Waals surface area contributed by atoms with Crippen LogP contribution in [0.25, 0.3) is 11.0 Å². The fourth-order valence-electron chi connectivity index (χ4n) is 2.95. The van der Waals surface area contributed by atoms with Crippen molar-refractivity contribution in [1.82, 2.24) is 0 Å². The minimum atomic E-state index is -1.01. The highest BCUT2D eigenvalue weighted by Gasteiger charge is 2.69. The van der Waals surface area contributed by atoms with E-state index in [4.69, 9.17) is 18.6 Å². The highest BCUT2D eigenvalue weighted by atomic mass is 16.7. The molecule has 2 aliphatic heterocycles. The second-order valence-electron chi connectivity index (χ2n) is 5.49. The van der Waals surface area contributed by atoms with Crippen LogP contribution in [0.15, 0.2) is 33.5 Å². The molecular formula is C15H14O6. The third kappa shape index (κ3) is 1.67. The first-order chi connectivity index (χ1) is 10.0. The van der Waals surface area contributed by atoms with Crippen molar-refractivity contribution < 1.29 is 23.7 Å². The van der Waals surface area contributed by atoms with E-state index < -0.39 is 23.6 Å². The molecule has 110 valence electrons. The van der Waals surface area contributed by atoms with Crippen molar-refractivity contribution >= 4 is 11.0 Å². The molecule has 1 N–H and O–H groups in total. The molecule has 0 amide bonds. The maximum Gasteiger partial charge on any atom is 0.336 e. The van der Waals surface area contributed by atoms with Gasteiger partial charge in [-0.2, -0.15) is 0 Å². The fourth-order valence-corrected chi connectivity index (χ4v) is 2.95. The van der Waals surface area contributed by atoms with Gasteiger partial charge in [-0.05, 0) is 25.1 Å². The van der Waals surface area contributed by atoms with Crippen LogP contribution in [0, 0.1) is 0 Å². The zero-order valence-corrected chi connectivity index (χ0v) is 11.5. The molecule has 1 aromatic heterocycles. The van der Waals surface area contributed by atoms with Crippen LogP contribution in [0.1, 0.15) is 18.6 Å². The van der Waals surface area contributed by atoms with Gasteiger partial charge in [0, 0.05) is 11.5 Å². The van der Waals surface area contributed by atoms with E-state index in [0.717, 1.165) is 5.39 Å². The molecule has 6 heteroatoms. The number of hydrogen-bond acceptors (Lipinski definition) is 6. The van der Waals surface area contributed by atoms with Gasteiger partial charge in [0.05, 0.1) is 12.7 Å². The summed E-state index contributed by atoms with van der Waals surface area (Å²) < 4.78 is 21.8. The Balaban J connectivity index is 1.95. The number of aliphatic hydroxyl groups is 1. The Morgan fingerprint density at radius 3 is 2.67 bits per heavy atom. The summed E-state index contributed by atoms with van der Waals surface area (Å²) in [5.74, 6) is 0.536. The van der Waals surface area contributed by atoms with Crippen LogP contribution < -0.4 is 10.4 Å². The molecule has 6 nitrogen and oxygen atoms in total. The Morgan fingerprint density at radius 2 is 2.05 bits per heavy atom. The Kier molecular flexibility index (Phi) is 2.48. The van der Waals surface area contributed by atoms with E-state index in [1.807, 2.05) is 0 Å². The number of hydrogen-bond donors (Lipinski definition) is 1. The largest absolute Gasteiger partial charge is 0.496 e. The zero-order valence-electron chi connectivity index (χ0n) is 11.5. The van der Waals surface area contributed by atoms with Crippen LogP contribution in [0.3, 0.4) is 0 Å². The van der Waals surface area contributed by atoms with Crippen LogP contribution in [0.5, 0.6) is 5.75 Å². The summed E-state index contributed by atoms with van der Waals surface area (Å²) in [4.78, 5) is 11.5. The Labute approximate surface area is 119 Å². The number of benzene rings is 1. The summed E-state index contributed by atoms with van der Waals surface area (Å²) in [5, 5.41) is 10.7. The average molecular weight is 290 g/mol. The van der Waals surface area contributed by atoms with Gasteiger partial charge in [0.25, 0.3) is 0 Å². The highest BCUT2D eigenvalue weighted by molar-refractivity contribution is 5.82. The molecule has 0 radical (unpaired) electrons. The molecule has 2 saturated heterocycles. The van der Waals surface area contributed by atoms with Crippen LogP contribution in [-0.4, -0.2) is 30.2 Å². The van der Waals surface area contributed by atoms with Gasteiger partial charge in [0.15, 0.2) is 6.29 Å². The summed E-state index contributed by atoms with van der Waals surface area (Å²) in [6.07, 6.45) is -1.82. The van der Waals surface area contributed by atoms with Gasteiger partial charge in [-0.15, -0.1) is 0 Å². The zero-order chi connectivity index (χ0) is 14.8. The van der Waals surface area contributed by atoms with Crippen molar-refractivity contribution in [1.29, 1.82) is 0 Å². The first kappa shape index (κ1) is 12.8. The topological polar surface area (TPSA) is 81.4 Å². The summed E-state index contributed by atoms with van der Waals surface area (Å²) in [6.45, 7) is 1.79. The van der Waals surface area contributed by atoms with Crippen molar-refractivity contribution in [3.8, 4) is 5.75 Å². The normalized spacial score (nSPS) is 34.0. The van der Waals surface area contributed by atoms with E-state index in [2.05, 4.69) is 0 Å². The van der Waals surface area contributed by atoms with Crippen LogP contribution in [0.4, 0.5) is 0 Å². The lowest BCUT2D eigenvalue weighted by atomic mass is 9.98. The molecule has 0 saturated carbocycles. The van der Waals surface area contributed by atoms with E-state index in [-0.39, 0.29) is 6.10 Å². The van der Waals surface area contributed by atoms with Gasteiger partial charge in [-0.1, -0.05) is 0 Å². The fraction of sp³-hybridized carbons (Fsp3) is 0.400. The number of fused-ring (bicyclic) bond motifs is 2. The smallest absolute Gasteiger partial charge is 0.336 e. The van der Waals surface area contributed by atoms with Gasteiger partial charge >= 0.3 is 5.63 Å². The maximum absolute atomic E-state index is 11.5. The standard InChI is InChI=1S/C15H14O6/c1-15-13(21-15)12(20-14(15)17)10-8(18-2)5-3-7-4-6-9(16)19-11(7)10/h3-6,12-14,17H,1-2H3/t12-,13-,14+,15-/m0/s1. The number of aliphatic hydroxyl groups excluding tert-OH is 1. The van der Waals surface area contributed by atoms with E-state index in [1.54, 1.807) is 25.1 Å². The van der Waals surface area contributed by atoms with Crippen molar-refractivity contribution in [3.63, 3.8) is 0 Å². The molecule has 1 aromatic carbocycles. The third-order valence-electron chi connectivity index (χ3n) is 4.22. The van der Waals surface area contributed by atoms with Crippen molar-refractivity contribution in [2.45, 2.75) is 31.0 Å². The van der Waals surface area contributed by atoms with Crippen LogP contribution in [0.2, 0.25) is 0 Å². The van der Waals surface area contributed by atoms with Crippen molar-refractivity contribution in [3.05, 3.63) is 40.2 Å². The monoisotopic (exact) mass is 290 g/mol. The number of rotatable bonds is 2. The Morgan fingerprint density at radius 1 is 1.29 bits per heavy atom. The SMILES string of the molecule is COc1ccc2ccc(=O)oc2c1[C@@H]1O[C@@H](O)[C@@]2(C)O[C@@H]12. The van der Waals surface area contributed by atoms with E-state index in [9.17, 15) is 9.90 Å². The summed E-state index contributed by atoms with van der Waals surface area (Å²) in [7, 11) is 1.53. The van der Waals surface area contributed by atoms with Gasteiger partial charge in [-0.3, -0.25) is 0 Å². The lowest BCUT2D eigenvalue weighted by molar-refractivity contribution is -0.160. The quantitative estimate of drug-likeness (QED) is 0.664. The van der Waals surface area contributed by atoms with Crippen LogP contribution in [-0.2, 0) is 9.47 Å². The number of epoxide rings is 1. The molecule has 0 aliphatic carbocycles. The molecule has 0 unspecified atom stereocenters. The summed E-state index contributed by atoms with van der Waals surface area (Å²) in [5.41, 5.74) is -0.154. The molecule has 2 aromatic rings. The van der Waals surface area contributed by atoms with Gasteiger partial charge < -0.3 is 23.7 Å². The first-order valence-corrected chi connectivity index (χ1v) is 6.66. The Hall–Kier alpha value is -1.89. The van der Waals surface area contributed by atoms with Crippen molar-refractivity contribution in [2.75, 3.05) is 7.11 Å². The van der Waals surface area contributed by atoms with Gasteiger partial charge in [-0.25, -0.2) is 4.79 Å². The minimum Gasteiger partial charge on any atom is -0.496 e. The molecule has 3 heterocycles. The molecule has 2 aliphatic rings. The van der Waals surface area contributed by atoms with Crippen LogP contribution >= 0.6 is 0 Å². The lowest BCUT2D eigenvalue weighted by Crippen LogP contribution is -2.24. The summed E-state index contributed by atoms with van der Waals surface area (Å²) >= 11 is 0. The third-order valence-corrected chi connectivity index (χ3v) is 4.22. The van der Waals surface area contributed by atoms with Crippen molar-refractivity contribution in [2.24, 2.45) is 0 Å². The van der Waals surface area contributed by atoms with E-state index in [1.165, 1.54) is 13.2 Å². The van der Waals surface area contributed by atoms with Gasteiger partial charge in [0.2, 0.25) is 0 Å². The summed E-state index contributed by atoms with van der Waals surface area (Å²) in [6, 6.07) is 6.63. The first-order valence-electron chi connectivity index (χ1n) is 6.66. The second-order valence-corrected chi connectivity index (χ2v) is 5.49. The number of ether oxygens (including phenoxy) is 3. The predicted molar refractivity (Wildman–Crippen MR) is 72.1 cm³/mol. The molecule has 4 atom stereocenters. The molecule has 2 fully saturated rings. The average Bonchev–Trinajstić information content (AvgIpc) is 3.10. The molecular weight excluding hydrogens is 276 g/mol. The van der Waals surface area contributed by atoms with E-state index in [0.29, 0.717) is 16.9 Å². The molecule has 0 spiro atoms. The lowest BCUT2D eigenvalue weighted by Gasteiger charge is -2.18. The predicted octanol–water partition coefficient (Wildman–Crippen LogP) is 1.35. The maximum atomic E-state index is 11.5.